The average molecular weight is 693 g/mol. The van der Waals surface area contributed by atoms with Crippen LogP contribution in [-0.2, 0) is 37.6 Å². The number of methoxy groups -OCH3 is 1. The summed E-state index contributed by atoms with van der Waals surface area (Å²) in [6.07, 6.45) is -7.95. The van der Waals surface area contributed by atoms with Gasteiger partial charge in [0, 0.05) is 31.4 Å². The van der Waals surface area contributed by atoms with Gasteiger partial charge in [0.2, 0.25) is 0 Å². The summed E-state index contributed by atoms with van der Waals surface area (Å²) in [4.78, 5) is -1.21. The molecule has 0 unspecified atom stereocenters. The second kappa shape index (κ2) is 9.75. The van der Waals surface area contributed by atoms with Gasteiger partial charge in [0.15, 0.2) is 5.60 Å². The summed E-state index contributed by atoms with van der Waals surface area (Å²) in [7, 11) is -13.2. The highest BCUT2D eigenvalue weighted by molar-refractivity contribution is 14.1. The molecule has 1 N–H and O–H groups in total. The van der Waals surface area contributed by atoms with Crippen LogP contribution in [-0.4, -0.2) is 39.6 Å². The Morgan fingerprint density at radius 2 is 1.76 bits per heavy atom. The van der Waals surface area contributed by atoms with E-state index in [1.54, 1.807) is 6.92 Å². The molecular weight excluding hydrogens is 670 g/mol. The normalized spacial score (nSPS) is 19.8. The van der Waals surface area contributed by atoms with Gasteiger partial charge in [-0.15, -0.1) is 0 Å². The van der Waals surface area contributed by atoms with Crippen molar-refractivity contribution in [3.63, 3.8) is 0 Å². The molecule has 1 aliphatic carbocycles. The molecule has 38 heavy (non-hydrogen) atoms. The number of anilines is 1. The van der Waals surface area contributed by atoms with E-state index in [0.29, 0.717) is 27.9 Å². The highest BCUT2D eigenvalue weighted by Gasteiger charge is 2.58. The number of nitrogens with zero attached hydrogens (tertiary/aromatic N) is 1. The van der Waals surface area contributed by atoms with Gasteiger partial charge in [-0.05, 0) is 66.1 Å². The molecule has 206 valence electrons. The number of aromatic nitrogens is 1. The molecular formula is C23H20F5IN2O5S2. The number of alkyl halides is 3. The zero-order valence-corrected chi connectivity index (χ0v) is 23.0. The molecule has 1 aromatic heterocycles. The quantitative estimate of drug-likeness (QED) is 0.219. The van der Waals surface area contributed by atoms with Gasteiger partial charge < -0.3 is 4.74 Å². The average Bonchev–Trinajstić information content (AvgIpc) is 3.21. The third kappa shape index (κ3) is 4.93. The van der Waals surface area contributed by atoms with Gasteiger partial charge in [0.05, 0.1) is 18.3 Å². The summed E-state index contributed by atoms with van der Waals surface area (Å²) < 4.78 is 154. The molecule has 15 heteroatoms. The molecule has 0 aliphatic heterocycles. The Balaban J connectivity index is 1.94. The molecule has 7 nitrogen and oxygen atoms in total. The lowest BCUT2D eigenvalue weighted by Gasteiger charge is -2.38. The van der Waals surface area contributed by atoms with E-state index in [-0.39, 0.29) is 9.13 Å². The summed E-state index contributed by atoms with van der Waals surface area (Å²) in [5, 5.41) is 0. The van der Waals surface area contributed by atoms with Crippen molar-refractivity contribution in [3.05, 3.63) is 74.6 Å². The number of aryl methyl sites for hydroxylation is 1. The Bertz CT molecular complexity index is 1730. The molecule has 4 rings (SSSR count). The van der Waals surface area contributed by atoms with Crippen LogP contribution in [0.1, 0.15) is 27.4 Å². The third-order valence-corrected chi connectivity index (χ3v) is 10.2. The van der Waals surface area contributed by atoms with Crippen molar-refractivity contribution in [1.82, 2.24) is 3.97 Å². The van der Waals surface area contributed by atoms with Crippen LogP contribution < -0.4 is 4.72 Å². The SMILES string of the molecule is [2H]C([2H])([2H])O[C@]1(C(F)(F)F)CCc2c(S(=O)(=O)Nc3cc(F)c(I)cc3F)cn(S(=O)(=O)c3ccc(C)cc3)c2C1. The lowest BCUT2D eigenvalue weighted by Crippen LogP contribution is -2.51. The number of nitrogens with one attached hydrogen (secondary N) is 1. The number of halogens is 6. The highest BCUT2D eigenvalue weighted by atomic mass is 127. The van der Waals surface area contributed by atoms with E-state index in [1.807, 2.05) is 4.72 Å². The standard InChI is InChI=1S/C23H20F5IN2O5S2/c1-13-3-5-14(6-4-13)38(34,35)31-12-21(15-7-8-22(36-2,11-20(15)31)23(26,27)28)37(32,33)30-19-10-16(24)18(29)9-17(19)25/h3-6,9-10,12,30H,7-8,11H2,1-2H3/t22-/m1/s1/i2D3. The molecule has 0 fully saturated rings. The molecule has 0 radical (unpaired) electrons. The Morgan fingerprint density at radius 3 is 2.37 bits per heavy atom. The first-order valence-electron chi connectivity index (χ1n) is 12.2. The van der Waals surface area contributed by atoms with Crippen molar-refractivity contribution in [1.29, 1.82) is 0 Å². The van der Waals surface area contributed by atoms with Crippen molar-refractivity contribution in [2.24, 2.45) is 0 Å². The maximum absolute atomic E-state index is 14.5. The Labute approximate surface area is 233 Å². The van der Waals surface area contributed by atoms with Crippen LogP contribution in [0.3, 0.4) is 0 Å². The molecule has 0 amide bonds. The van der Waals surface area contributed by atoms with Crippen LogP contribution >= 0.6 is 22.6 Å². The fourth-order valence-corrected chi connectivity index (χ4v) is 7.39. The van der Waals surface area contributed by atoms with E-state index in [0.717, 1.165) is 12.1 Å². The molecule has 1 heterocycles. The van der Waals surface area contributed by atoms with Crippen molar-refractivity contribution in [2.75, 3.05) is 11.8 Å². The minimum atomic E-state index is -5.30. The topological polar surface area (TPSA) is 94.5 Å². The number of benzene rings is 2. The number of fused-ring (bicyclic) bond motifs is 1. The zero-order chi connectivity index (χ0) is 30.8. The molecule has 1 aliphatic rings. The Kier molecular flexibility index (Phi) is 6.35. The van der Waals surface area contributed by atoms with Gasteiger partial charge in [0.25, 0.3) is 20.0 Å². The predicted octanol–water partition coefficient (Wildman–Crippen LogP) is 5.15. The summed E-state index contributed by atoms with van der Waals surface area (Å²) in [6, 6.07) is 6.40. The summed E-state index contributed by atoms with van der Waals surface area (Å²) in [5.41, 5.74) is -4.62. The largest absolute Gasteiger partial charge is 0.417 e. The van der Waals surface area contributed by atoms with Gasteiger partial charge >= 0.3 is 6.18 Å². The van der Waals surface area contributed by atoms with E-state index in [4.69, 9.17) is 4.11 Å². The first-order valence-corrected chi connectivity index (χ1v) is 14.7. The first-order chi connectivity index (χ1) is 18.7. The maximum atomic E-state index is 14.5. The smallest absolute Gasteiger partial charge is 0.368 e. The number of ether oxygens (including phenoxy) is 1. The van der Waals surface area contributed by atoms with Crippen molar-refractivity contribution in [3.8, 4) is 0 Å². The molecule has 1 atom stereocenters. The van der Waals surface area contributed by atoms with E-state index in [2.05, 4.69) is 4.74 Å². The fraction of sp³-hybridized carbons (Fsp3) is 0.304. The predicted molar refractivity (Wildman–Crippen MR) is 136 cm³/mol. The van der Waals surface area contributed by atoms with E-state index < -0.39 is 90.9 Å². The first kappa shape index (κ1) is 24.8. The Morgan fingerprint density at radius 1 is 1.11 bits per heavy atom. The van der Waals surface area contributed by atoms with Gasteiger partial charge in [-0.25, -0.2) is 29.6 Å². The Hall–Kier alpha value is -2.24. The summed E-state index contributed by atoms with van der Waals surface area (Å²) in [6.45, 7) is 1.65. The van der Waals surface area contributed by atoms with E-state index in [1.165, 1.54) is 34.7 Å². The van der Waals surface area contributed by atoms with Crippen LogP contribution in [0.4, 0.5) is 27.6 Å². The summed E-state index contributed by atoms with van der Waals surface area (Å²) in [5.74, 6) is -2.13. The lowest BCUT2D eigenvalue weighted by molar-refractivity contribution is -0.273. The van der Waals surface area contributed by atoms with E-state index in [9.17, 15) is 38.8 Å². The number of sulfonamides is 1. The van der Waals surface area contributed by atoms with Crippen LogP contribution in [0.2, 0.25) is 0 Å². The van der Waals surface area contributed by atoms with Crippen molar-refractivity contribution in [2.45, 2.75) is 47.8 Å². The van der Waals surface area contributed by atoms with E-state index >= 15 is 0 Å². The van der Waals surface area contributed by atoms with Crippen molar-refractivity contribution >= 4 is 48.3 Å². The number of hydrogen-bond acceptors (Lipinski definition) is 5. The molecule has 0 spiro atoms. The van der Waals surface area contributed by atoms with Crippen LogP contribution in [0.25, 0.3) is 0 Å². The fourth-order valence-electron chi connectivity index (χ4n) is 4.13. The van der Waals surface area contributed by atoms with Gasteiger partial charge in [0.1, 0.15) is 16.5 Å². The second-order valence-corrected chi connectivity index (χ2v) is 13.3. The van der Waals surface area contributed by atoms with Gasteiger partial charge in [-0.2, -0.15) is 13.2 Å². The molecule has 3 aromatic rings. The second-order valence-electron chi connectivity index (χ2n) is 8.66. The van der Waals surface area contributed by atoms with Gasteiger partial charge in [-0.1, -0.05) is 17.7 Å². The lowest BCUT2D eigenvalue weighted by atomic mass is 9.83. The van der Waals surface area contributed by atoms with Crippen LogP contribution in [0.5, 0.6) is 0 Å². The zero-order valence-electron chi connectivity index (χ0n) is 22.2. The third-order valence-electron chi connectivity index (χ3n) is 6.21. The van der Waals surface area contributed by atoms with Crippen LogP contribution in [0.15, 0.2) is 52.4 Å². The molecule has 0 saturated heterocycles. The monoisotopic (exact) mass is 693 g/mol. The van der Waals surface area contributed by atoms with Gasteiger partial charge in [-0.3, -0.25) is 4.72 Å². The molecule has 0 saturated carbocycles. The minimum absolute atomic E-state index is 0.159. The number of rotatable bonds is 6. The maximum Gasteiger partial charge on any atom is 0.417 e. The minimum Gasteiger partial charge on any atom is -0.368 e. The number of hydrogen-bond donors (Lipinski definition) is 1. The summed E-state index contributed by atoms with van der Waals surface area (Å²) >= 11 is 1.48. The molecule has 0 bridgehead atoms. The highest BCUT2D eigenvalue weighted by Crippen LogP contribution is 2.45. The van der Waals surface area contributed by atoms with Crippen LogP contribution in [0, 0.1) is 22.1 Å². The van der Waals surface area contributed by atoms with Crippen molar-refractivity contribution < 1.29 is 47.6 Å². The molecule has 2 aromatic carbocycles.